The summed E-state index contributed by atoms with van der Waals surface area (Å²) in [5.41, 5.74) is 5.13. The minimum Gasteiger partial charge on any atom is -0.386 e. The maximum absolute atomic E-state index is 10.2. The van der Waals surface area contributed by atoms with Crippen LogP contribution in [-0.4, -0.2) is 42.0 Å². The number of thioether (sulfide) groups is 1. The number of hydrogen-bond acceptors (Lipinski definition) is 4. The number of nitrogens with two attached hydrogens (primary N) is 1. The fraction of sp³-hybridized carbons (Fsp3) is 1.00. The van der Waals surface area contributed by atoms with Crippen LogP contribution in [0.5, 0.6) is 0 Å². The summed E-state index contributed by atoms with van der Waals surface area (Å²) in [6.45, 7) is 1.10. The molecule has 1 aliphatic carbocycles. The Morgan fingerprint density at radius 1 is 1.57 bits per heavy atom. The first-order chi connectivity index (χ1) is 6.69. The smallest absolute Gasteiger partial charge is 0.103 e. The Morgan fingerprint density at radius 3 is 3.00 bits per heavy atom. The second-order valence-electron chi connectivity index (χ2n) is 4.00. The molecule has 0 heterocycles. The summed E-state index contributed by atoms with van der Waals surface area (Å²) < 4.78 is 5.44. The minimum atomic E-state index is -0.767. The largest absolute Gasteiger partial charge is 0.386 e. The van der Waals surface area contributed by atoms with Gasteiger partial charge in [-0.15, -0.1) is 0 Å². The van der Waals surface area contributed by atoms with Gasteiger partial charge in [0.05, 0.1) is 13.2 Å². The van der Waals surface area contributed by atoms with Crippen molar-refractivity contribution in [1.29, 1.82) is 0 Å². The summed E-state index contributed by atoms with van der Waals surface area (Å²) >= 11 is 1.75. The van der Waals surface area contributed by atoms with Gasteiger partial charge in [-0.2, -0.15) is 11.8 Å². The van der Waals surface area contributed by atoms with E-state index in [1.54, 1.807) is 11.8 Å². The van der Waals surface area contributed by atoms with Crippen LogP contribution in [0, 0.1) is 0 Å². The molecule has 0 aromatic rings. The Morgan fingerprint density at radius 2 is 2.36 bits per heavy atom. The first-order valence-corrected chi connectivity index (χ1v) is 6.63. The predicted octanol–water partition coefficient (Wildman–Crippen LogP) is 0.998. The van der Waals surface area contributed by atoms with Crippen molar-refractivity contribution < 1.29 is 9.84 Å². The van der Waals surface area contributed by atoms with Crippen LogP contribution in [0.2, 0.25) is 0 Å². The van der Waals surface area contributed by atoms with Crippen LogP contribution in [0.1, 0.15) is 25.7 Å². The van der Waals surface area contributed by atoms with Gasteiger partial charge in [0, 0.05) is 11.8 Å². The van der Waals surface area contributed by atoms with Crippen molar-refractivity contribution in [2.24, 2.45) is 5.73 Å². The zero-order valence-electron chi connectivity index (χ0n) is 8.87. The molecule has 0 spiro atoms. The normalized spacial score (nSPS) is 33.2. The maximum atomic E-state index is 10.2. The monoisotopic (exact) mass is 219 g/mol. The molecule has 2 atom stereocenters. The summed E-state index contributed by atoms with van der Waals surface area (Å²) in [6, 6.07) is -0.106. The third-order valence-corrected chi connectivity index (χ3v) is 3.42. The number of aliphatic hydroxyl groups is 1. The van der Waals surface area contributed by atoms with Crippen molar-refractivity contribution in [3.8, 4) is 0 Å². The lowest BCUT2D eigenvalue weighted by Gasteiger charge is -2.37. The van der Waals surface area contributed by atoms with Crippen LogP contribution in [0.25, 0.3) is 0 Å². The SMILES string of the molecule is CSCCOCC1(O)CCCCC1N. The lowest BCUT2D eigenvalue weighted by molar-refractivity contribution is -0.0776. The van der Waals surface area contributed by atoms with Gasteiger partial charge in [0.2, 0.25) is 0 Å². The second-order valence-corrected chi connectivity index (χ2v) is 4.99. The standard InChI is InChI=1S/C10H21NO2S/c1-14-7-6-13-8-10(12)5-3-2-4-9(10)11/h9,12H,2-8,11H2,1H3. The van der Waals surface area contributed by atoms with Crippen molar-refractivity contribution in [3.05, 3.63) is 0 Å². The van der Waals surface area contributed by atoms with Gasteiger partial charge in [0.25, 0.3) is 0 Å². The molecule has 2 unspecified atom stereocenters. The van der Waals surface area contributed by atoms with E-state index in [0.717, 1.165) is 31.4 Å². The molecule has 0 radical (unpaired) electrons. The lowest BCUT2D eigenvalue weighted by atomic mass is 9.81. The quantitative estimate of drug-likeness (QED) is 0.677. The molecule has 0 aromatic carbocycles. The summed E-state index contributed by atoms with van der Waals surface area (Å²) in [7, 11) is 0. The molecule has 84 valence electrons. The van der Waals surface area contributed by atoms with E-state index >= 15 is 0 Å². The molecule has 0 amide bonds. The van der Waals surface area contributed by atoms with Crippen LogP contribution in [0.15, 0.2) is 0 Å². The van der Waals surface area contributed by atoms with Gasteiger partial charge in [0.15, 0.2) is 0 Å². The highest BCUT2D eigenvalue weighted by Crippen LogP contribution is 2.27. The van der Waals surface area contributed by atoms with Crippen LogP contribution in [0.4, 0.5) is 0 Å². The number of rotatable bonds is 5. The van der Waals surface area contributed by atoms with Gasteiger partial charge in [-0.1, -0.05) is 12.8 Å². The predicted molar refractivity (Wildman–Crippen MR) is 60.6 cm³/mol. The Hall–Kier alpha value is 0.230. The van der Waals surface area contributed by atoms with Crippen molar-refractivity contribution in [1.82, 2.24) is 0 Å². The maximum Gasteiger partial charge on any atom is 0.103 e. The van der Waals surface area contributed by atoms with Crippen LogP contribution < -0.4 is 5.73 Å². The van der Waals surface area contributed by atoms with Gasteiger partial charge >= 0.3 is 0 Å². The molecule has 0 aromatic heterocycles. The van der Waals surface area contributed by atoms with Crippen molar-refractivity contribution in [2.75, 3.05) is 25.2 Å². The summed E-state index contributed by atoms with van der Waals surface area (Å²) in [5.74, 6) is 0.977. The van der Waals surface area contributed by atoms with Gasteiger partial charge < -0.3 is 15.6 Å². The highest BCUT2D eigenvalue weighted by Gasteiger charge is 2.36. The molecule has 3 N–H and O–H groups in total. The average Bonchev–Trinajstić information content (AvgIpc) is 2.18. The van der Waals surface area contributed by atoms with Crippen LogP contribution >= 0.6 is 11.8 Å². The first-order valence-electron chi connectivity index (χ1n) is 5.24. The van der Waals surface area contributed by atoms with E-state index in [4.69, 9.17) is 10.5 Å². The van der Waals surface area contributed by atoms with E-state index in [2.05, 4.69) is 0 Å². The Bertz CT molecular complexity index is 168. The molecule has 3 nitrogen and oxygen atoms in total. The molecule has 14 heavy (non-hydrogen) atoms. The molecule has 1 aliphatic rings. The Labute approximate surface area is 90.4 Å². The molecule has 0 bridgehead atoms. The molecule has 4 heteroatoms. The van der Waals surface area contributed by atoms with Gasteiger partial charge in [-0.05, 0) is 19.1 Å². The Balaban J connectivity index is 2.25. The van der Waals surface area contributed by atoms with Crippen LogP contribution in [-0.2, 0) is 4.74 Å². The molecular formula is C10H21NO2S. The van der Waals surface area contributed by atoms with Crippen molar-refractivity contribution in [3.63, 3.8) is 0 Å². The van der Waals surface area contributed by atoms with Gasteiger partial charge in [-0.25, -0.2) is 0 Å². The zero-order chi connectivity index (χ0) is 10.4. The van der Waals surface area contributed by atoms with E-state index in [0.29, 0.717) is 13.2 Å². The van der Waals surface area contributed by atoms with E-state index in [1.807, 2.05) is 6.26 Å². The lowest BCUT2D eigenvalue weighted by Crippen LogP contribution is -2.53. The molecular weight excluding hydrogens is 198 g/mol. The number of ether oxygens (including phenoxy) is 1. The highest BCUT2D eigenvalue weighted by molar-refractivity contribution is 7.98. The molecule has 1 saturated carbocycles. The molecule has 0 saturated heterocycles. The summed E-state index contributed by atoms with van der Waals surface area (Å²) in [4.78, 5) is 0. The van der Waals surface area contributed by atoms with E-state index in [9.17, 15) is 5.11 Å². The zero-order valence-corrected chi connectivity index (χ0v) is 9.68. The summed E-state index contributed by atoms with van der Waals surface area (Å²) in [6.07, 6.45) is 5.95. The van der Waals surface area contributed by atoms with E-state index < -0.39 is 5.60 Å². The topological polar surface area (TPSA) is 55.5 Å². The third-order valence-electron chi connectivity index (χ3n) is 2.85. The fourth-order valence-electron chi connectivity index (χ4n) is 1.82. The summed E-state index contributed by atoms with van der Waals surface area (Å²) in [5, 5.41) is 10.2. The van der Waals surface area contributed by atoms with Gasteiger partial charge in [0.1, 0.15) is 5.60 Å². The van der Waals surface area contributed by atoms with E-state index in [1.165, 1.54) is 0 Å². The molecule has 0 aliphatic heterocycles. The number of hydrogen-bond donors (Lipinski definition) is 2. The molecule has 1 rings (SSSR count). The minimum absolute atomic E-state index is 0.106. The first kappa shape index (κ1) is 12.3. The fourth-order valence-corrected chi connectivity index (χ4v) is 2.10. The van der Waals surface area contributed by atoms with Crippen LogP contribution in [0.3, 0.4) is 0 Å². The third kappa shape index (κ3) is 3.42. The van der Waals surface area contributed by atoms with Crippen molar-refractivity contribution >= 4 is 11.8 Å². The van der Waals surface area contributed by atoms with Crippen molar-refractivity contribution in [2.45, 2.75) is 37.3 Å². The average molecular weight is 219 g/mol. The second kappa shape index (κ2) is 5.95. The highest BCUT2D eigenvalue weighted by atomic mass is 32.2. The van der Waals surface area contributed by atoms with E-state index in [-0.39, 0.29) is 6.04 Å². The van der Waals surface area contributed by atoms with Gasteiger partial charge in [-0.3, -0.25) is 0 Å². The Kier molecular flexibility index (Phi) is 5.23. The molecule has 1 fully saturated rings.